The van der Waals surface area contributed by atoms with Crippen LogP contribution in [0.2, 0.25) is 0 Å². The van der Waals surface area contributed by atoms with E-state index in [0.717, 1.165) is 11.4 Å². The quantitative estimate of drug-likeness (QED) is 0.650. The summed E-state index contributed by atoms with van der Waals surface area (Å²) in [6, 6.07) is 14.0. The number of aryl methyl sites for hydroxylation is 1. The van der Waals surface area contributed by atoms with Crippen LogP contribution in [0.25, 0.3) is 0 Å². The summed E-state index contributed by atoms with van der Waals surface area (Å²) in [5, 5.41) is 9.23. The Hall–Kier alpha value is -1.52. The third-order valence-corrected chi connectivity index (χ3v) is 3.55. The zero-order chi connectivity index (χ0) is 13.5. The number of thioether (sulfide) groups is 1. The molecular weight excluding hydrogens is 258 g/mol. The van der Waals surface area contributed by atoms with Gasteiger partial charge in [0.2, 0.25) is 0 Å². The Morgan fingerprint density at radius 2 is 1.95 bits per heavy atom. The topological polar surface area (TPSA) is 42.4 Å². The highest BCUT2D eigenvalue weighted by Crippen LogP contribution is 2.19. The van der Waals surface area contributed by atoms with Crippen molar-refractivity contribution in [3.8, 4) is 5.75 Å². The number of aliphatic hydroxyl groups is 1. The Balaban J connectivity index is 1.83. The van der Waals surface area contributed by atoms with E-state index in [1.165, 1.54) is 4.90 Å². The molecule has 100 valence electrons. The van der Waals surface area contributed by atoms with Gasteiger partial charge in [0.1, 0.15) is 11.4 Å². The zero-order valence-corrected chi connectivity index (χ0v) is 11.7. The molecule has 1 aromatic heterocycles. The van der Waals surface area contributed by atoms with E-state index < -0.39 is 0 Å². The molecule has 2 aromatic rings. The molecule has 4 heteroatoms. The van der Waals surface area contributed by atoms with Crippen LogP contribution in [0, 0.1) is 6.92 Å². The van der Waals surface area contributed by atoms with Crippen molar-refractivity contribution in [1.82, 2.24) is 4.98 Å². The summed E-state index contributed by atoms with van der Waals surface area (Å²) in [6.07, 6.45) is 0. The molecule has 2 rings (SSSR count). The minimum Gasteiger partial charge on any atom is -0.491 e. The fourth-order valence-corrected chi connectivity index (χ4v) is 2.42. The maximum absolute atomic E-state index is 9.23. The average molecular weight is 275 g/mol. The van der Waals surface area contributed by atoms with Gasteiger partial charge in [-0.25, -0.2) is 0 Å². The molecule has 0 aliphatic heterocycles. The smallest absolute Gasteiger partial charge is 0.143 e. The van der Waals surface area contributed by atoms with E-state index in [-0.39, 0.29) is 6.61 Å². The SMILES string of the molecule is Cc1ccc(OCCSc2ccccc2)c(CO)n1. The van der Waals surface area contributed by atoms with Crippen LogP contribution in [0.1, 0.15) is 11.4 Å². The van der Waals surface area contributed by atoms with Crippen LogP contribution in [0.15, 0.2) is 47.4 Å². The molecule has 19 heavy (non-hydrogen) atoms. The molecule has 0 bridgehead atoms. The summed E-state index contributed by atoms with van der Waals surface area (Å²) in [6.45, 7) is 2.40. The van der Waals surface area contributed by atoms with Crippen LogP contribution in [0.4, 0.5) is 0 Å². The van der Waals surface area contributed by atoms with E-state index in [0.29, 0.717) is 18.1 Å². The minimum atomic E-state index is -0.0944. The highest BCUT2D eigenvalue weighted by Gasteiger charge is 2.04. The number of rotatable bonds is 6. The Morgan fingerprint density at radius 3 is 2.68 bits per heavy atom. The van der Waals surface area contributed by atoms with Crippen LogP contribution in [0.5, 0.6) is 5.75 Å². The van der Waals surface area contributed by atoms with Crippen molar-refractivity contribution in [2.75, 3.05) is 12.4 Å². The lowest BCUT2D eigenvalue weighted by atomic mass is 10.3. The normalized spacial score (nSPS) is 10.4. The van der Waals surface area contributed by atoms with Gasteiger partial charge in [-0.1, -0.05) is 18.2 Å². The summed E-state index contributed by atoms with van der Waals surface area (Å²) >= 11 is 1.75. The van der Waals surface area contributed by atoms with Gasteiger partial charge < -0.3 is 9.84 Å². The van der Waals surface area contributed by atoms with E-state index in [1.807, 2.05) is 37.3 Å². The van der Waals surface area contributed by atoms with E-state index in [2.05, 4.69) is 17.1 Å². The largest absolute Gasteiger partial charge is 0.491 e. The Kier molecular flexibility index (Phi) is 5.24. The molecule has 1 N–H and O–H groups in total. The van der Waals surface area contributed by atoms with Crippen molar-refractivity contribution in [2.45, 2.75) is 18.4 Å². The van der Waals surface area contributed by atoms with Gasteiger partial charge in [-0.15, -0.1) is 11.8 Å². The van der Waals surface area contributed by atoms with Gasteiger partial charge >= 0.3 is 0 Å². The van der Waals surface area contributed by atoms with Crippen molar-refractivity contribution in [3.05, 3.63) is 53.9 Å². The monoisotopic (exact) mass is 275 g/mol. The molecule has 1 heterocycles. The van der Waals surface area contributed by atoms with Crippen LogP contribution >= 0.6 is 11.8 Å². The molecule has 0 unspecified atom stereocenters. The van der Waals surface area contributed by atoms with E-state index >= 15 is 0 Å². The molecule has 0 saturated carbocycles. The predicted octanol–water partition coefficient (Wildman–Crippen LogP) is 3.05. The van der Waals surface area contributed by atoms with E-state index in [4.69, 9.17) is 4.74 Å². The summed E-state index contributed by atoms with van der Waals surface area (Å²) in [5.41, 5.74) is 1.49. The molecular formula is C15H17NO2S. The lowest BCUT2D eigenvalue weighted by molar-refractivity contribution is 0.261. The van der Waals surface area contributed by atoms with E-state index in [1.54, 1.807) is 11.8 Å². The third kappa shape index (κ3) is 4.26. The molecule has 0 radical (unpaired) electrons. The van der Waals surface area contributed by atoms with Crippen molar-refractivity contribution in [2.24, 2.45) is 0 Å². The Labute approximate surface area is 117 Å². The van der Waals surface area contributed by atoms with Crippen molar-refractivity contribution < 1.29 is 9.84 Å². The van der Waals surface area contributed by atoms with Crippen molar-refractivity contribution in [3.63, 3.8) is 0 Å². The fraction of sp³-hybridized carbons (Fsp3) is 0.267. The number of hydrogen-bond donors (Lipinski definition) is 1. The van der Waals surface area contributed by atoms with Crippen molar-refractivity contribution in [1.29, 1.82) is 0 Å². The second-order valence-corrected chi connectivity index (χ2v) is 5.23. The van der Waals surface area contributed by atoms with Crippen molar-refractivity contribution >= 4 is 11.8 Å². The molecule has 0 saturated heterocycles. The second-order valence-electron chi connectivity index (χ2n) is 4.07. The number of pyridine rings is 1. The van der Waals surface area contributed by atoms with Crippen LogP contribution in [0.3, 0.4) is 0 Å². The van der Waals surface area contributed by atoms with Gasteiger partial charge in [0.15, 0.2) is 0 Å². The maximum atomic E-state index is 9.23. The fourth-order valence-electron chi connectivity index (χ4n) is 1.67. The number of benzene rings is 1. The Morgan fingerprint density at radius 1 is 1.16 bits per heavy atom. The molecule has 0 spiro atoms. The van der Waals surface area contributed by atoms with Crippen LogP contribution in [-0.4, -0.2) is 22.5 Å². The molecule has 1 aromatic carbocycles. The lowest BCUT2D eigenvalue weighted by Gasteiger charge is -2.09. The van der Waals surface area contributed by atoms with Gasteiger partial charge in [0.25, 0.3) is 0 Å². The first-order valence-electron chi connectivity index (χ1n) is 6.17. The lowest BCUT2D eigenvalue weighted by Crippen LogP contribution is -2.04. The summed E-state index contributed by atoms with van der Waals surface area (Å²) in [4.78, 5) is 5.48. The predicted molar refractivity (Wildman–Crippen MR) is 77.6 cm³/mol. The summed E-state index contributed by atoms with van der Waals surface area (Å²) < 4.78 is 5.66. The second kappa shape index (κ2) is 7.16. The van der Waals surface area contributed by atoms with E-state index in [9.17, 15) is 5.11 Å². The highest BCUT2D eigenvalue weighted by molar-refractivity contribution is 7.99. The van der Waals surface area contributed by atoms with Gasteiger partial charge in [0, 0.05) is 16.3 Å². The van der Waals surface area contributed by atoms with Gasteiger partial charge in [0.05, 0.1) is 13.2 Å². The average Bonchev–Trinajstić information content (AvgIpc) is 2.46. The standard InChI is InChI=1S/C15H17NO2S/c1-12-7-8-15(14(11-17)16-12)18-9-10-19-13-5-3-2-4-6-13/h2-8,17H,9-11H2,1H3. The summed E-state index contributed by atoms with van der Waals surface area (Å²) in [7, 11) is 0. The molecule has 0 fully saturated rings. The van der Waals surface area contributed by atoms with Gasteiger partial charge in [-0.3, -0.25) is 4.98 Å². The minimum absolute atomic E-state index is 0.0944. The molecule has 0 aliphatic rings. The third-order valence-electron chi connectivity index (χ3n) is 2.57. The number of hydrogen-bond acceptors (Lipinski definition) is 4. The number of ether oxygens (including phenoxy) is 1. The highest BCUT2D eigenvalue weighted by atomic mass is 32.2. The Bertz CT molecular complexity index is 517. The number of nitrogens with zero attached hydrogens (tertiary/aromatic N) is 1. The summed E-state index contributed by atoms with van der Waals surface area (Å²) in [5.74, 6) is 1.53. The number of aliphatic hydroxyl groups excluding tert-OH is 1. The molecule has 3 nitrogen and oxygen atoms in total. The first kappa shape index (κ1) is 13.9. The first-order chi connectivity index (χ1) is 9.29. The molecule has 0 atom stereocenters. The zero-order valence-electron chi connectivity index (χ0n) is 10.9. The molecule has 0 aliphatic carbocycles. The first-order valence-corrected chi connectivity index (χ1v) is 7.16. The maximum Gasteiger partial charge on any atom is 0.143 e. The van der Waals surface area contributed by atoms with Crippen LogP contribution < -0.4 is 4.74 Å². The number of aromatic nitrogens is 1. The van der Waals surface area contributed by atoms with Gasteiger partial charge in [-0.05, 0) is 31.2 Å². The van der Waals surface area contributed by atoms with Gasteiger partial charge in [-0.2, -0.15) is 0 Å². The molecule has 0 amide bonds. The van der Waals surface area contributed by atoms with Crippen LogP contribution in [-0.2, 0) is 6.61 Å².